The van der Waals surface area contributed by atoms with E-state index in [1.807, 2.05) is 6.92 Å². The van der Waals surface area contributed by atoms with Gasteiger partial charge < -0.3 is 16.0 Å². The normalized spacial score (nSPS) is 18.8. The van der Waals surface area contributed by atoms with Crippen LogP contribution in [0.1, 0.15) is 59.8 Å². The zero-order chi connectivity index (χ0) is 14.5. The van der Waals surface area contributed by atoms with E-state index in [1.165, 1.54) is 19.3 Å². The standard InChI is InChI=1S/C15H31N3O/c1-5-10-18(12(2)3)11-6-9-15(4,14(16)19)17-13-7-8-13/h12-13,17H,5-11H2,1-4H3,(H2,16,19). The van der Waals surface area contributed by atoms with Gasteiger partial charge in [0.25, 0.3) is 0 Å². The van der Waals surface area contributed by atoms with E-state index in [0.29, 0.717) is 12.1 Å². The minimum Gasteiger partial charge on any atom is -0.368 e. The van der Waals surface area contributed by atoms with Gasteiger partial charge in [0.1, 0.15) is 0 Å². The monoisotopic (exact) mass is 269 g/mol. The second-order valence-corrected chi connectivity index (χ2v) is 6.35. The summed E-state index contributed by atoms with van der Waals surface area (Å²) in [5, 5.41) is 3.41. The number of primary amides is 1. The Kier molecular flexibility index (Phi) is 6.27. The fourth-order valence-corrected chi connectivity index (χ4v) is 2.50. The van der Waals surface area contributed by atoms with Gasteiger partial charge in [-0.05, 0) is 66.0 Å². The van der Waals surface area contributed by atoms with E-state index in [2.05, 4.69) is 31.0 Å². The summed E-state index contributed by atoms with van der Waals surface area (Å²) in [7, 11) is 0. The molecule has 1 atom stereocenters. The lowest BCUT2D eigenvalue weighted by Gasteiger charge is -2.30. The zero-order valence-electron chi connectivity index (χ0n) is 13.0. The van der Waals surface area contributed by atoms with Crippen LogP contribution in [0.5, 0.6) is 0 Å². The summed E-state index contributed by atoms with van der Waals surface area (Å²) in [6, 6.07) is 1.07. The Morgan fingerprint density at radius 2 is 2.05 bits per heavy atom. The Morgan fingerprint density at radius 3 is 2.47 bits per heavy atom. The van der Waals surface area contributed by atoms with Gasteiger partial charge in [0.2, 0.25) is 5.91 Å². The molecule has 1 aliphatic rings. The van der Waals surface area contributed by atoms with Crippen molar-refractivity contribution in [3.63, 3.8) is 0 Å². The van der Waals surface area contributed by atoms with Gasteiger partial charge in [-0.3, -0.25) is 4.79 Å². The molecule has 112 valence electrons. The fourth-order valence-electron chi connectivity index (χ4n) is 2.50. The molecule has 0 aliphatic heterocycles. The summed E-state index contributed by atoms with van der Waals surface area (Å²) in [4.78, 5) is 14.1. The molecule has 0 saturated heterocycles. The van der Waals surface area contributed by atoms with Crippen LogP contribution < -0.4 is 11.1 Å². The molecule has 0 aromatic heterocycles. The smallest absolute Gasteiger partial charge is 0.237 e. The zero-order valence-corrected chi connectivity index (χ0v) is 13.0. The molecule has 0 spiro atoms. The number of nitrogens with zero attached hydrogens (tertiary/aromatic N) is 1. The van der Waals surface area contributed by atoms with Gasteiger partial charge in [0.05, 0.1) is 5.54 Å². The molecule has 1 rings (SSSR count). The average Bonchev–Trinajstić information content (AvgIpc) is 3.11. The molecule has 0 aromatic carbocycles. The maximum Gasteiger partial charge on any atom is 0.237 e. The Balaban J connectivity index is 2.40. The van der Waals surface area contributed by atoms with Crippen molar-refractivity contribution in [2.24, 2.45) is 5.73 Å². The minimum atomic E-state index is -0.532. The third kappa shape index (κ3) is 5.49. The molecule has 19 heavy (non-hydrogen) atoms. The number of hydrogen-bond donors (Lipinski definition) is 2. The summed E-state index contributed by atoms with van der Waals surface area (Å²) in [5.41, 5.74) is 5.04. The van der Waals surface area contributed by atoms with Crippen molar-refractivity contribution in [2.75, 3.05) is 13.1 Å². The molecule has 1 fully saturated rings. The van der Waals surface area contributed by atoms with Gasteiger partial charge in [-0.15, -0.1) is 0 Å². The molecular formula is C15H31N3O. The van der Waals surface area contributed by atoms with E-state index in [9.17, 15) is 4.79 Å². The van der Waals surface area contributed by atoms with Crippen LogP contribution in [0.2, 0.25) is 0 Å². The summed E-state index contributed by atoms with van der Waals surface area (Å²) >= 11 is 0. The van der Waals surface area contributed by atoms with Crippen molar-refractivity contribution in [1.29, 1.82) is 0 Å². The van der Waals surface area contributed by atoms with Gasteiger partial charge in [0, 0.05) is 12.1 Å². The largest absolute Gasteiger partial charge is 0.368 e. The van der Waals surface area contributed by atoms with Gasteiger partial charge in [-0.1, -0.05) is 6.92 Å². The second-order valence-electron chi connectivity index (χ2n) is 6.35. The predicted octanol–water partition coefficient (Wildman–Crippen LogP) is 1.88. The molecule has 1 saturated carbocycles. The van der Waals surface area contributed by atoms with Crippen LogP contribution in [-0.4, -0.2) is 41.5 Å². The van der Waals surface area contributed by atoms with Crippen molar-refractivity contribution >= 4 is 5.91 Å². The first-order chi connectivity index (χ1) is 8.89. The molecule has 0 aromatic rings. The summed E-state index contributed by atoms with van der Waals surface area (Å²) in [6.07, 6.45) is 5.36. The fraction of sp³-hybridized carbons (Fsp3) is 0.933. The Morgan fingerprint density at radius 1 is 1.42 bits per heavy atom. The lowest BCUT2D eigenvalue weighted by atomic mass is 9.94. The van der Waals surface area contributed by atoms with Crippen LogP contribution in [0.4, 0.5) is 0 Å². The predicted molar refractivity (Wildman–Crippen MR) is 80.0 cm³/mol. The Bertz CT molecular complexity index is 289. The van der Waals surface area contributed by atoms with E-state index in [4.69, 9.17) is 5.73 Å². The highest BCUT2D eigenvalue weighted by atomic mass is 16.1. The lowest BCUT2D eigenvalue weighted by molar-refractivity contribution is -0.124. The molecule has 1 aliphatic carbocycles. The van der Waals surface area contributed by atoms with E-state index in [-0.39, 0.29) is 5.91 Å². The molecule has 3 N–H and O–H groups in total. The number of nitrogens with two attached hydrogens (primary N) is 1. The van der Waals surface area contributed by atoms with Crippen molar-refractivity contribution < 1.29 is 4.79 Å². The van der Waals surface area contributed by atoms with E-state index in [0.717, 1.165) is 25.9 Å². The van der Waals surface area contributed by atoms with Gasteiger partial charge >= 0.3 is 0 Å². The molecule has 4 nitrogen and oxygen atoms in total. The molecular weight excluding hydrogens is 238 g/mol. The third-order valence-corrected chi connectivity index (χ3v) is 4.01. The van der Waals surface area contributed by atoms with Gasteiger partial charge in [-0.25, -0.2) is 0 Å². The first-order valence-electron chi connectivity index (χ1n) is 7.70. The van der Waals surface area contributed by atoms with Crippen LogP contribution in [0.15, 0.2) is 0 Å². The Hall–Kier alpha value is -0.610. The summed E-state index contributed by atoms with van der Waals surface area (Å²) < 4.78 is 0. The van der Waals surface area contributed by atoms with Gasteiger partial charge in [0.15, 0.2) is 0 Å². The first kappa shape index (κ1) is 16.4. The van der Waals surface area contributed by atoms with Gasteiger partial charge in [-0.2, -0.15) is 0 Å². The van der Waals surface area contributed by atoms with Crippen molar-refractivity contribution in [3.8, 4) is 0 Å². The number of rotatable bonds is 10. The number of amides is 1. The van der Waals surface area contributed by atoms with Crippen molar-refractivity contribution in [1.82, 2.24) is 10.2 Å². The maximum absolute atomic E-state index is 11.7. The maximum atomic E-state index is 11.7. The highest BCUT2D eigenvalue weighted by Crippen LogP contribution is 2.24. The molecule has 0 bridgehead atoms. The van der Waals surface area contributed by atoms with E-state index in [1.54, 1.807) is 0 Å². The van der Waals surface area contributed by atoms with Crippen LogP contribution in [0, 0.1) is 0 Å². The first-order valence-corrected chi connectivity index (χ1v) is 7.70. The molecule has 1 unspecified atom stereocenters. The van der Waals surface area contributed by atoms with Crippen molar-refractivity contribution in [3.05, 3.63) is 0 Å². The van der Waals surface area contributed by atoms with E-state index >= 15 is 0 Å². The highest BCUT2D eigenvalue weighted by molar-refractivity contribution is 5.84. The minimum absolute atomic E-state index is 0.217. The number of carbonyl (C=O) groups is 1. The van der Waals surface area contributed by atoms with Crippen LogP contribution in [-0.2, 0) is 4.79 Å². The summed E-state index contributed by atoms with van der Waals surface area (Å²) in [5.74, 6) is -0.217. The van der Waals surface area contributed by atoms with Crippen molar-refractivity contribution in [2.45, 2.75) is 77.4 Å². The second kappa shape index (κ2) is 7.25. The van der Waals surface area contributed by atoms with Crippen LogP contribution >= 0.6 is 0 Å². The Labute approximate surface area is 118 Å². The average molecular weight is 269 g/mol. The molecule has 0 heterocycles. The van der Waals surface area contributed by atoms with Crippen LogP contribution in [0.3, 0.4) is 0 Å². The molecule has 1 amide bonds. The summed E-state index contributed by atoms with van der Waals surface area (Å²) in [6.45, 7) is 10.8. The lowest BCUT2D eigenvalue weighted by Crippen LogP contribution is -2.54. The number of nitrogens with one attached hydrogen (secondary N) is 1. The SMILES string of the molecule is CCCN(CCCC(C)(NC1CC1)C(N)=O)C(C)C. The van der Waals surface area contributed by atoms with Crippen LogP contribution in [0.25, 0.3) is 0 Å². The highest BCUT2D eigenvalue weighted by Gasteiger charge is 2.36. The van der Waals surface area contributed by atoms with E-state index < -0.39 is 5.54 Å². The number of carbonyl (C=O) groups excluding carboxylic acids is 1. The third-order valence-electron chi connectivity index (χ3n) is 4.01. The molecule has 0 radical (unpaired) electrons. The topological polar surface area (TPSA) is 58.4 Å². The number of hydrogen-bond acceptors (Lipinski definition) is 3. The quantitative estimate of drug-likeness (QED) is 0.636. The molecule has 4 heteroatoms.